The molecule has 0 radical (unpaired) electrons. The van der Waals surface area contributed by atoms with Gasteiger partial charge in [0.25, 0.3) is 0 Å². The molecule has 186 valence electrons. The van der Waals surface area contributed by atoms with Gasteiger partial charge in [-0.05, 0) is 47.1 Å². The molecular weight excluding hydrogens is 448 g/mol. The van der Waals surface area contributed by atoms with E-state index in [4.69, 9.17) is 9.47 Å². The zero-order valence-electron chi connectivity index (χ0n) is 20.4. The number of ether oxygens (including phenoxy) is 4. The van der Waals surface area contributed by atoms with Gasteiger partial charge in [-0.25, -0.2) is 0 Å². The molecule has 9 heteroatoms. The Morgan fingerprint density at radius 1 is 0.788 bits per heavy atom. The van der Waals surface area contributed by atoms with E-state index in [0.717, 1.165) is 11.3 Å². The summed E-state index contributed by atoms with van der Waals surface area (Å²) in [5, 5.41) is 0. The van der Waals surface area contributed by atoms with Crippen LogP contribution in [0, 0.1) is 11.3 Å². The number of carbonyl (C=O) groups is 4. The fraction of sp³-hybridized carbons (Fsp3) is 0.583. The van der Waals surface area contributed by atoms with Crippen molar-refractivity contribution in [2.75, 3.05) is 32.2 Å². The molecule has 1 rings (SSSR count). The minimum absolute atomic E-state index is 0.247. The Morgan fingerprint density at radius 2 is 1.21 bits per heavy atom. The van der Waals surface area contributed by atoms with Crippen LogP contribution >= 0.6 is 11.8 Å². The fourth-order valence-corrected chi connectivity index (χ4v) is 3.53. The Kier molecular flexibility index (Phi) is 15.7. The van der Waals surface area contributed by atoms with Crippen molar-refractivity contribution in [3.63, 3.8) is 0 Å². The standard InChI is InChI=1S/C16H22O4S.C8H14O4/c1-4-19-14(17)16(3,15(18)20-5-2)12-21-11-13-9-7-6-8-10-13;1-4-11-7(9)6(3)8(10)12-5-2/h6-10H,4-5,11-12H2,1-3H3;6H,4-5H2,1-3H3. The second-order valence-corrected chi connectivity index (χ2v) is 7.96. The van der Waals surface area contributed by atoms with E-state index in [1.54, 1.807) is 34.6 Å². The van der Waals surface area contributed by atoms with Gasteiger partial charge in [0.1, 0.15) is 0 Å². The number of benzene rings is 1. The van der Waals surface area contributed by atoms with Crippen LogP contribution in [0.4, 0.5) is 0 Å². The molecule has 0 amide bonds. The van der Waals surface area contributed by atoms with Gasteiger partial charge in [-0.1, -0.05) is 30.3 Å². The minimum Gasteiger partial charge on any atom is -0.465 e. The summed E-state index contributed by atoms with van der Waals surface area (Å²) >= 11 is 1.52. The van der Waals surface area contributed by atoms with E-state index in [1.165, 1.54) is 18.7 Å². The number of carbonyl (C=O) groups excluding carboxylic acids is 4. The summed E-state index contributed by atoms with van der Waals surface area (Å²) in [6, 6.07) is 9.91. The molecule has 0 unspecified atom stereocenters. The highest BCUT2D eigenvalue weighted by Gasteiger charge is 2.44. The molecule has 1 aromatic carbocycles. The van der Waals surface area contributed by atoms with Crippen LogP contribution in [0.3, 0.4) is 0 Å². The van der Waals surface area contributed by atoms with Crippen LogP contribution in [0.1, 0.15) is 47.1 Å². The molecule has 0 saturated heterocycles. The SMILES string of the molecule is CCOC(=O)C(C)(CSCc1ccccc1)C(=O)OCC.CCOC(=O)C(C)C(=O)OCC. The number of esters is 4. The third kappa shape index (κ3) is 11.2. The molecule has 0 heterocycles. The molecule has 0 saturated carbocycles. The first-order valence-corrected chi connectivity index (χ1v) is 12.1. The molecule has 0 spiro atoms. The van der Waals surface area contributed by atoms with Gasteiger partial charge in [-0.2, -0.15) is 11.8 Å². The van der Waals surface area contributed by atoms with Crippen molar-refractivity contribution < 1.29 is 38.1 Å². The fourth-order valence-electron chi connectivity index (χ4n) is 2.36. The first kappa shape index (κ1) is 30.4. The average Bonchev–Trinajstić information content (AvgIpc) is 2.80. The third-order valence-electron chi connectivity index (χ3n) is 4.23. The normalized spacial score (nSPS) is 10.5. The lowest BCUT2D eigenvalue weighted by Gasteiger charge is -2.24. The molecule has 0 aliphatic rings. The van der Waals surface area contributed by atoms with Gasteiger partial charge < -0.3 is 18.9 Å². The van der Waals surface area contributed by atoms with Gasteiger partial charge in [0.05, 0.1) is 26.4 Å². The van der Waals surface area contributed by atoms with Gasteiger partial charge >= 0.3 is 23.9 Å². The van der Waals surface area contributed by atoms with Crippen molar-refractivity contribution in [2.45, 2.75) is 47.3 Å². The highest BCUT2D eigenvalue weighted by atomic mass is 32.2. The maximum absolute atomic E-state index is 12.1. The van der Waals surface area contributed by atoms with Gasteiger partial charge in [0.15, 0.2) is 11.3 Å². The topological polar surface area (TPSA) is 105 Å². The molecule has 8 nitrogen and oxygen atoms in total. The van der Waals surface area contributed by atoms with Gasteiger partial charge in [0.2, 0.25) is 0 Å². The summed E-state index contributed by atoms with van der Waals surface area (Å²) in [4.78, 5) is 46.0. The number of rotatable bonds is 12. The molecule has 0 aliphatic heterocycles. The van der Waals surface area contributed by atoms with E-state index in [9.17, 15) is 19.2 Å². The lowest BCUT2D eigenvalue weighted by molar-refractivity contribution is -0.169. The van der Waals surface area contributed by atoms with Gasteiger partial charge in [0, 0.05) is 11.5 Å². The van der Waals surface area contributed by atoms with Crippen molar-refractivity contribution in [1.82, 2.24) is 0 Å². The van der Waals surface area contributed by atoms with Crippen molar-refractivity contribution in [1.29, 1.82) is 0 Å². The molecule has 0 fully saturated rings. The first-order chi connectivity index (χ1) is 15.7. The molecule has 33 heavy (non-hydrogen) atoms. The number of thioether (sulfide) groups is 1. The van der Waals surface area contributed by atoms with E-state index in [1.807, 2.05) is 30.3 Å². The maximum atomic E-state index is 12.1. The van der Waals surface area contributed by atoms with Gasteiger partial charge in [-0.15, -0.1) is 0 Å². The lowest BCUT2D eigenvalue weighted by Crippen LogP contribution is -2.41. The van der Waals surface area contributed by atoms with Crippen molar-refractivity contribution in [2.24, 2.45) is 11.3 Å². The van der Waals surface area contributed by atoms with Crippen LogP contribution in [0.15, 0.2) is 30.3 Å². The van der Waals surface area contributed by atoms with E-state index in [2.05, 4.69) is 9.47 Å². The molecule has 0 aromatic heterocycles. The second-order valence-electron chi connectivity index (χ2n) is 6.98. The molecule has 0 aliphatic carbocycles. The zero-order valence-corrected chi connectivity index (χ0v) is 21.2. The van der Waals surface area contributed by atoms with Crippen molar-refractivity contribution >= 4 is 35.6 Å². The minimum atomic E-state index is -1.26. The Bertz CT molecular complexity index is 699. The molecule has 0 atom stereocenters. The van der Waals surface area contributed by atoms with Crippen LogP contribution in [-0.2, 0) is 43.9 Å². The zero-order chi connectivity index (χ0) is 25.3. The molecule has 1 aromatic rings. The van der Waals surface area contributed by atoms with Crippen molar-refractivity contribution in [3.05, 3.63) is 35.9 Å². The summed E-state index contributed by atoms with van der Waals surface area (Å²) in [5.74, 6) is -1.86. The van der Waals surface area contributed by atoms with Crippen LogP contribution in [0.5, 0.6) is 0 Å². The van der Waals surface area contributed by atoms with Crippen LogP contribution in [0.2, 0.25) is 0 Å². The predicted octanol–water partition coefficient (Wildman–Crippen LogP) is 3.80. The summed E-state index contributed by atoms with van der Waals surface area (Å²) in [5.41, 5.74) is -0.108. The largest absolute Gasteiger partial charge is 0.465 e. The van der Waals surface area contributed by atoms with E-state index < -0.39 is 35.2 Å². The third-order valence-corrected chi connectivity index (χ3v) is 5.55. The van der Waals surface area contributed by atoms with Crippen LogP contribution in [0.25, 0.3) is 0 Å². The predicted molar refractivity (Wildman–Crippen MR) is 126 cm³/mol. The molecule has 0 bridgehead atoms. The summed E-state index contributed by atoms with van der Waals surface area (Å²) < 4.78 is 19.3. The summed E-state index contributed by atoms with van der Waals surface area (Å²) in [7, 11) is 0. The van der Waals surface area contributed by atoms with E-state index in [-0.39, 0.29) is 26.4 Å². The second kappa shape index (κ2) is 17.0. The Morgan fingerprint density at radius 3 is 1.61 bits per heavy atom. The molecule has 0 N–H and O–H groups in total. The van der Waals surface area contributed by atoms with Gasteiger partial charge in [-0.3, -0.25) is 19.2 Å². The number of hydrogen-bond acceptors (Lipinski definition) is 9. The Balaban J connectivity index is 0.000000728. The lowest BCUT2D eigenvalue weighted by atomic mass is 9.93. The smallest absolute Gasteiger partial charge is 0.324 e. The van der Waals surface area contributed by atoms with E-state index >= 15 is 0 Å². The highest BCUT2D eigenvalue weighted by Crippen LogP contribution is 2.28. The Labute approximate surface area is 200 Å². The van der Waals surface area contributed by atoms with Crippen LogP contribution < -0.4 is 0 Å². The molecular formula is C24H36O8S. The summed E-state index contributed by atoms with van der Waals surface area (Å²) in [6.45, 7) is 10.9. The summed E-state index contributed by atoms with van der Waals surface area (Å²) in [6.07, 6.45) is 0. The van der Waals surface area contributed by atoms with E-state index in [0.29, 0.717) is 5.75 Å². The maximum Gasteiger partial charge on any atom is 0.324 e. The Hall–Kier alpha value is -2.55. The highest BCUT2D eigenvalue weighted by molar-refractivity contribution is 7.98. The first-order valence-electron chi connectivity index (χ1n) is 11.0. The van der Waals surface area contributed by atoms with Crippen LogP contribution in [-0.4, -0.2) is 56.1 Å². The van der Waals surface area contributed by atoms with Crippen molar-refractivity contribution in [3.8, 4) is 0 Å². The number of hydrogen-bond donors (Lipinski definition) is 0. The quantitative estimate of drug-likeness (QED) is 0.249. The average molecular weight is 485 g/mol. The monoisotopic (exact) mass is 484 g/mol.